The number of rotatable bonds is 6. The predicted octanol–water partition coefficient (Wildman–Crippen LogP) is 4.75. The van der Waals surface area contributed by atoms with Gasteiger partial charge in [0.1, 0.15) is 35.0 Å². The number of hydrogen-bond acceptors (Lipinski definition) is 7. The highest BCUT2D eigenvalue weighted by molar-refractivity contribution is 7.16. The molecule has 0 spiro atoms. The number of aromatic nitrogens is 3. The number of hydrogen-bond donors (Lipinski definition) is 0. The van der Waals surface area contributed by atoms with Crippen molar-refractivity contribution in [1.82, 2.24) is 14.5 Å². The summed E-state index contributed by atoms with van der Waals surface area (Å²) in [7, 11) is 1.23. The van der Waals surface area contributed by atoms with E-state index in [1.165, 1.54) is 25.3 Å². The van der Waals surface area contributed by atoms with Gasteiger partial charge in [-0.2, -0.15) is 0 Å². The van der Waals surface area contributed by atoms with E-state index >= 15 is 0 Å². The molecule has 0 saturated heterocycles. The number of ether oxygens (including phenoxy) is 3. The van der Waals surface area contributed by atoms with E-state index in [1.54, 1.807) is 41.5 Å². The predicted molar refractivity (Wildman–Crippen MR) is 106 cm³/mol. The Kier molecular flexibility index (Phi) is 5.51. The Morgan fingerprint density at radius 3 is 2.77 bits per heavy atom. The maximum atomic E-state index is 12.7. The van der Waals surface area contributed by atoms with Gasteiger partial charge in [-0.3, -0.25) is 9.55 Å². The first-order chi connectivity index (χ1) is 14.9. The van der Waals surface area contributed by atoms with Crippen molar-refractivity contribution in [2.24, 2.45) is 0 Å². The molecule has 0 fully saturated rings. The van der Waals surface area contributed by atoms with E-state index in [0.717, 1.165) is 16.9 Å². The number of pyridine rings is 1. The fourth-order valence-electron chi connectivity index (χ4n) is 2.87. The monoisotopic (exact) mass is 449 g/mol. The molecular weight excluding hydrogens is 435 g/mol. The molecule has 0 radical (unpaired) electrons. The van der Waals surface area contributed by atoms with Gasteiger partial charge in [0.25, 0.3) is 0 Å². The Bertz CT molecular complexity index is 1240. The van der Waals surface area contributed by atoms with E-state index in [1.807, 2.05) is 0 Å². The quantitative estimate of drug-likeness (QED) is 0.396. The zero-order valence-corrected chi connectivity index (χ0v) is 16.7. The third-order valence-corrected chi connectivity index (χ3v) is 5.32. The van der Waals surface area contributed by atoms with Gasteiger partial charge in [0.15, 0.2) is 4.88 Å². The molecule has 0 atom stereocenters. The van der Waals surface area contributed by atoms with Crippen LogP contribution in [0.3, 0.4) is 0 Å². The Balaban J connectivity index is 1.65. The van der Waals surface area contributed by atoms with Crippen LogP contribution in [0.4, 0.5) is 13.2 Å². The molecule has 0 aliphatic heterocycles. The number of halogens is 3. The molecule has 160 valence electrons. The molecule has 7 nitrogen and oxygen atoms in total. The van der Waals surface area contributed by atoms with Crippen molar-refractivity contribution in [3.05, 3.63) is 65.6 Å². The van der Waals surface area contributed by atoms with Crippen LogP contribution in [0.2, 0.25) is 0 Å². The number of esters is 1. The molecule has 31 heavy (non-hydrogen) atoms. The Hall–Kier alpha value is -3.60. The van der Waals surface area contributed by atoms with E-state index in [0.29, 0.717) is 10.5 Å². The molecule has 0 aliphatic carbocycles. The molecule has 0 N–H and O–H groups in total. The summed E-state index contributed by atoms with van der Waals surface area (Å²) in [5.41, 5.74) is 1.60. The van der Waals surface area contributed by atoms with Crippen LogP contribution in [0.25, 0.3) is 16.0 Å². The molecule has 1 aromatic carbocycles. The van der Waals surface area contributed by atoms with Crippen LogP contribution in [0.15, 0.2) is 55.1 Å². The van der Waals surface area contributed by atoms with Gasteiger partial charge in [0.2, 0.25) is 0 Å². The Morgan fingerprint density at radius 1 is 1.19 bits per heavy atom. The van der Waals surface area contributed by atoms with E-state index in [4.69, 9.17) is 9.47 Å². The molecular formula is C20H14F3N3O4S. The lowest BCUT2D eigenvalue weighted by molar-refractivity contribution is -0.275. The number of methoxy groups -OCH3 is 1. The van der Waals surface area contributed by atoms with Gasteiger partial charge in [-0.25, -0.2) is 9.78 Å². The van der Waals surface area contributed by atoms with Gasteiger partial charge < -0.3 is 14.2 Å². The summed E-state index contributed by atoms with van der Waals surface area (Å²) in [5, 5.41) is 0.615. The standard InChI is InChI=1S/C20H14F3N3O4S/c1-28-19(27)18-16(29-10-12-4-2-3-5-15(12)30-20(21,22)23)8-17(31-18)26-11-25-13-9-24-7-6-14(13)26/h2-9,11H,10H2,1H3. The zero-order chi connectivity index (χ0) is 22.0. The van der Waals surface area contributed by atoms with Crippen LogP contribution < -0.4 is 9.47 Å². The van der Waals surface area contributed by atoms with E-state index in [2.05, 4.69) is 14.7 Å². The number of imidazole rings is 1. The second-order valence-electron chi connectivity index (χ2n) is 6.19. The lowest BCUT2D eigenvalue weighted by atomic mass is 10.2. The number of fused-ring (bicyclic) bond motifs is 1. The van der Waals surface area contributed by atoms with Crippen molar-refractivity contribution < 1.29 is 32.2 Å². The van der Waals surface area contributed by atoms with E-state index in [-0.39, 0.29) is 28.5 Å². The van der Waals surface area contributed by atoms with E-state index in [9.17, 15) is 18.0 Å². The number of carbonyl (C=O) groups is 1. The molecule has 3 aromatic heterocycles. The molecule has 0 amide bonds. The fourth-order valence-corrected chi connectivity index (χ4v) is 3.87. The minimum absolute atomic E-state index is 0.169. The van der Waals surface area contributed by atoms with Crippen molar-refractivity contribution in [2.45, 2.75) is 13.0 Å². The largest absolute Gasteiger partial charge is 0.573 e. The average molecular weight is 449 g/mol. The number of nitrogens with zero attached hydrogens (tertiary/aromatic N) is 3. The van der Waals surface area contributed by atoms with Crippen LogP contribution in [0.5, 0.6) is 11.5 Å². The van der Waals surface area contributed by atoms with Gasteiger partial charge in [0, 0.05) is 17.8 Å². The van der Waals surface area contributed by atoms with Crippen molar-refractivity contribution in [3.8, 4) is 16.5 Å². The van der Waals surface area contributed by atoms with Crippen LogP contribution in [-0.4, -0.2) is 34.0 Å². The average Bonchev–Trinajstić information content (AvgIpc) is 3.35. The number of benzene rings is 1. The van der Waals surface area contributed by atoms with Gasteiger partial charge in [-0.05, 0) is 12.1 Å². The SMILES string of the molecule is COC(=O)c1sc(-n2cnc3cnccc32)cc1OCc1ccccc1OC(F)(F)F. The summed E-state index contributed by atoms with van der Waals surface area (Å²) in [5.74, 6) is -0.833. The van der Waals surface area contributed by atoms with Gasteiger partial charge in [-0.15, -0.1) is 24.5 Å². The van der Waals surface area contributed by atoms with E-state index < -0.39 is 12.3 Å². The third-order valence-electron chi connectivity index (χ3n) is 4.22. The summed E-state index contributed by atoms with van der Waals surface area (Å²) < 4.78 is 54.3. The smallest absolute Gasteiger partial charge is 0.487 e. The van der Waals surface area contributed by atoms with Gasteiger partial charge in [0.05, 0.1) is 18.8 Å². The molecule has 11 heteroatoms. The lowest BCUT2D eigenvalue weighted by Crippen LogP contribution is -2.18. The number of alkyl halides is 3. The van der Waals surface area contributed by atoms with Crippen molar-refractivity contribution in [2.75, 3.05) is 7.11 Å². The molecule has 4 aromatic rings. The fraction of sp³-hybridized carbons (Fsp3) is 0.150. The molecule has 0 bridgehead atoms. The minimum Gasteiger partial charge on any atom is -0.487 e. The van der Waals surface area contributed by atoms with Crippen molar-refractivity contribution in [1.29, 1.82) is 0 Å². The third kappa shape index (κ3) is 4.45. The van der Waals surface area contributed by atoms with Crippen LogP contribution in [0, 0.1) is 0 Å². The first kappa shape index (κ1) is 20.7. The van der Waals surface area contributed by atoms with Crippen LogP contribution >= 0.6 is 11.3 Å². The molecule has 0 unspecified atom stereocenters. The second-order valence-corrected chi connectivity index (χ2v) is 7.22. The first-order valence-electron chi connectivity index (χ1n) is 8.82. The van der Waals surface area contributed by atoms with Crippen molar-refractivity contribution in [3.63, 3.8) is 0 Å². The Labute approximate surface area is 177 Å². The highest BCUT2D eigenvalue weighted by Gasteiger charge is 2.32. The normalized spacial score (nSPS) is 11.5. The second kappa shape index (κ2) is 8.26. The summed E-state index contributed by atoms with van der Waals surface area (Å²) in [6.45, 7) is -0.249. The van der Waals surface area contributed by atoms with Gasteiger partial charge >= 0.3 is 12.3 Å². The summed E-state index contributed by atoms with van der Waals surface area (Å²) >= 11 is 1.11. The zero-order valence-electron chi connectivity index (χ0n) is 15.9. The highest BCUT2D eigenvalue weighted by Crippen LogP contribution is 2.35. The van der Waals surface area contributed by atoms with Crippen LogP contribution in [0.1, 0.15) is 15.2 Å². The van der Waals surface area contributed by atoms with Gasteiger partial charge in [-0.1, -0.05) is 18.2 Å². The molecule has 4 rings (SSSR count). The summed E-state index contributed by atoms with van der Waals surface area (Å²) in [6.07, 6.45) is -0.0321. The molecule has 3 heterocycles. The summed E-state index contributed by atoms with van der Waals surface area (Å²) in [4.78, 5) is 20.7. The number of para-hydroxylation sites is 1. The lowest BCUT2D eigenvalue weighted by Gasteiger charge is -2.13. The topological polar surface area (TPSA) is 75.5 Å². The van der Waals surface area contributed by atoms with Crippen molar-refractivity contribution >= 4 is 28.3 Å². The number of thiophene rings is 1. The maximum Gasteiger partial charge on any atom is 0.573 e. The molecule has 0 aliphatic rings. The minimum atomic E-state index is -4.83. The molecule has 0 saturated carbocycles. The first-order valence-corrected chi connectivity index (χ1v) is 9.63. The van der Waals surface area contributed by atoms with Crippen LogP contribution in [-0.2, 0) is 11.3 Å². The maximum absolute atomic E-state index is 12.7. The Morgan fingerprint density at radius 2 is 2.00 bits per heavy atom. The summed E-state index contributed by atoms with van der Waals surface area (Å²) in [6, 6.07) is 9.00. The highest BCUT2D eigenvalue weighted by atomic mass is 32.1. The number of carbonyl (C=O) groups excluding carboxylic acids is 1.